The molecule has 0 unspecified atom stereocenters. The van der Waals surface area contributed by atoms with Crippen molar-refractivity contribution in [2.75, 3.05) is 38.8 Å². The van der Waals surface area contributed by atoms with E-state index in [2.05, 4.69) is 5.32 Å². The van der Waals surface area contributed by atoms with E-state index in [1.54, 1.807) is 34.6 Å². The Bertz CT molecular complexity index is 1160. The van der Waals surface area contributed by atoms with Crippen LogP contribution in [0.2, 0.25) is 0 Å². The lowest BCUT2D eigenvalue weighted by atomic mass is 10.00. The maximum atomic E-state index is 13.9. The van der Waals surface area contributed by atoms with E-state index in [0.29, 0.717) is 29.8 Å². The highest BCUT2D eigenvalue weighted by atomic mass is 32.1. The van der Waals surface area contributed by atoms with Crippen LogP contribution in [0.1, 0.15) is 58.9 Å². The molecule has 0 saturated heterocycles. The second kappa shape index (κ2) is 12.7. The molecule has 1 N–H and O–H groups in total. The molecule has 37 heavy (non-hydrogen) atoms. The third kappa shape index (κ3) is 6.46. The van der Waals surface area contributed by atoms with Gasteiger partial charge in [0.2, 0.25) is 12.3 Å². The Morgan fingerprint density at radius 2 is 1.89 bits per heavy atom. The highest BCUT2D eigenvalue weighted by molar-refractivity contribution is 7.18. The molecule has 0 aliphatic rings. The van der Waals surface area contributed by atoms with Crippen LogP contribution < -0.4 is 15.0 Å². The molecule has 0 aliphatic carbocycles. The van der Waals surface area contributed by atoms with Gasteiger partial charge in [-0.2, -0.15) is 0 Å². The van der Waals surface area contributed by atoms with Crippen molar-refractivity contribution in [2.24, 2.45) is 0 Å². The van der Waals surface area contributed by atoms with Gasteiger partial charge in [0.25, 0.3) is 5.91 Å². The second-order valence-electron chi connectivity index (χ2n) is 8.74. The van der Waals surface area contributed by atoms with Gasteiger partial charge in [-0.05, 0) is 70.4 Å². The van der Waals surface area contributed by atoms with E-state index in [9.17, 15) is 23.6 Å². The average Bonchev–Trinajstić information content (AvgIpc) is 3.20. The van der Waals surface area contributed by atoms with Gasteiger partial charge in [-0.3, -0.25) is 14.4 Å². The first-order chi connectivity index (χ1) is 17.4. The van der Waals surface area contributed by atoms with E-state index in [1.165, 1.54) is 42.2 Å². The van der Waals surface area contributed by atoms with E-state index >= 15 is 0 Å². The summed E-state index contributed by atoms with van der Waals surface area (Å²) >= 11 is 0.957. The average molecular weight is 536 g/mol. The van der Waals surface area contributed by atoms with Gasteiger partial charge >= 0.3 is 5.97 Å². The Morgan fingerprint density at radius 1 is 1.22 bits per heavy atom. The number of thiophene rings is 1. The fraction of sp³-hybridized carbons (Fsp3) is 0.462. The Hall–Kier alpha value is -3.47. The number of hydrogen-bond donors (Lipinski definition) is 1. The van der Waals surface area contributed by atoms with E-state index < -0.39 is 23.2 Å². The lowest BCUT2D eigenvalue weighted by molar-refractivity contribution is -0.129. The molecule has 9 nitrogen and oxygen atoms in total. The molecule has 1 aromatic carbocycles. The van der Waals surface area contributed by atoms with Crippen molar-refractivity contribution in [3.05, 3.63) is 45.6 Å². The molecule has 0 saturated carbocycles. The first-order valence-corrected chi connectivity index (χ1v) is 12.7. The lowest BCUT2D eigenvalue weighted by Crippen LogP contribution is -2.55. The molecular formula is C26H34FN3O6S. The van der Waals surface area contributed by atoms with E-state index in [4.69, 9.17) is 9.47 Å². The van der Waals surface area contributed by atoms with Crippen LogP contribution in [0.4, 0.5) is 9.39 Å². The largest absolute Gasteiger partial charge is 0.496 e. The minimum absolute atomic E-state index is 0.0786. The molecule has 2 rings (SSSR count). The predicted molar refractivity (Wildman–Crippen MR) is 140 cm³/mol. The quantitative estimate of drug-likeness (QED) is 0.329. The molecule has 3 amide bonds. The van der Waals surface area contributed by atoms with Crippen LogP contribution in [-0.4, -0.2) is 68.5 Å². The summed E-state index contributed by atoms with van der Waals surface area (Å²) in [6.07, 6.45) is 0.775. The molecule has 0 atom stereocenters. The smallest absolute Gasteiger partial charge is 0.348 e. The van der Waals surface area contributed by atoms with Crippen LogP contribution in [-0.2, 0) is 20.7 Å². The van der Waals surface area contributed by atoms with Gasteiger partial charge in [-0.25, -0.2) is 9.18 Å². The number of anilines is 1. The molecule has 0 aliphatic heterocycles. The number of nitrogens with one attached hydrogen (secondary N) is 1. The van der Waals surface area contributed by atoms with Gasteiger partial charge < -0.3 is 24.6 Å². The lowest BCUT2D eigenvalue weighted by Gasteiger charge is -2.34. The summed E-state index contributed by atoms with van der Waals surface area (Å²) in [6, 6.07) is 4.09. The number of carbonyl (C=O) groups is 4. The SMILES string of the molecule is CCNC(=O)C(C)(C)N(C)C(=O)c1c(N(C=O)CCc2cc(F)ccc2OC)sc(C(=O)OCC)c1C. The Morgan fingerprint density at radius 3 is 2.46 bits per heavy atom. The third-order valence-electron chi connectivity index (χ3n) is 6.09. The van der Waals surface area contributed by atoms with E-state index in [0.717, 1.165) is 11.3 Å². The molecule has 0 radical (unpaired) electrons. The molecule has 1 heterocycles. The van der Waals surface area contributed by atoms with Gasteiger partial charge in [0.05, 0.1) is 19.3 Å². The maximum Gasteiger partial charge on any atom is 0.348 e. The zero-order valence-corrected chi connectivity index (χ0v) is 23.1. The van der Waals surface area contributed by atoms with Gasteiger partial charge in [0.15, 0.2) is 0 Å². The summed E-state index contributed by atoms with van der Waals surface area (Å²) in [4.78, 5) is 54.1. The number of carbonyl (C=O) groups excluding carboxylic acids is 4. The molecule has 202 valence electrons. The van der Waals surface area contributed by atoms with Crippen molar-refractivity contribution >= 4 is 40.5 Å². The summed E-state index contributed by atoms with van der Waals surface area (Å²) in [6.45, 7) is 8.87. The first kappa shape index (κ1) is 29.8. The Balaban J connectivity index is 2.55. The number of amides is 3. The number of nitrogens with zero attached hydrogens (tertiary/aromatic N) is 2. The van der Waals surface area contributed by atoms with E-state index in [-0.39, 0.29) is 40.9 Å². The summed E-state index contributed by atoms with van der Waals surface area (Å²) in [5.74, 6) is -1.49. The normalized spacial score (nSPS) is 11.0. The van der Waals surface area contributed by atoms with Crippen molar-refractivity contribution in [1.82, 2.24) is 10.2 Å². The highest BCUT2D eigenvalue weighted by Gasteiger charge is 2.38. The van der Waals surface area contributed by atoms with Gasteiger partial charge in [0.1, 0.15) is 27.0 Å². The number of ether oxygens (including phenoxy) is 2. The second-order valence-corrected chi connectivity index (χ2v) is 9.74. The van der Waals surface area contributed by atoms with Crippen LogP contribution in [0.3, 0.4) is 0 Å². The molecule has 0 bridgehead atoms. The summed E-state index contributed by atoms with van der Waals surface area (Å²) in [5.41, 5.74) is -0.219. The van der Waals surface area contributed by atoms with Crippen LogP contribution in [0.15, 0.2) is 18.2 Å². The van der Waals surface area contributed by atoms with Crippen molar-refractivity contribution in [3.63, 3.8) is 0 Å². The standard InChI is InChI=1S/C26H34FN3O6S/c1-8-28-25(34)26(4,5)29(6)22(32)20-16(3)21(24(33)36-9-2)37-23(20)30(15-31)13-12-17-14-18(27)10-11-19(17)35-7/h10-11,14-15H,8-9,12-13H2,1-7H3,(H,28,34). The van der Waals surface area contributed by atoms with Crippen molar-refractivity contribution < 1.29 is 33.0 Å². The minimum Gasteiger partial charge on any atom is -0.496 e. The summed E-state index contributed by atoms with van der Waals surface area (Å²) < 4.78 is 24.3. The zero-order valence-electron chi connectivity index (χ0n) is 22.3. The van der Waals surface area contributed by atoms with Crippen LogP contribution in [0.5, 0.6) is 5.75 Å². The van der Waals surface area contributed by atoms with Crippen molar-refractivity contribution in [3.8, 4) is 5.75 Å². The number of likely N-dealkylation sites (N-methyl/N-ethyl adjacent to an activating group) is 2. The topological polar surface area (TPSA) is 105 Å². The number of rotatable bonds is 12. The molecular weight excluding hydrogens is 501 g/mol. The van der Waals surface area contributed by atoms with Gasteiger partial charge in [-0.15, -0.1) is 11.3 Å². The number of halogens is 1. The van der Waals surface area contributed by atoms with Crippen LogP contribution >= 0.6 is 11.3 Å². The number of esters is 1. The van der Waals surface area contributed by atoms with Gasteiger partial charge in [-0.1, -0.05) is 0 Å². The third-order valence-corrected chi connectivity index (χ3v) is 7.40. The minimum atomic E-state index is -1.22. The molecule has 2 aromatic rings. The fourth-order valence-electron chi connectivity index (χ4n) is 3.68. The van der Waals surface area contributed by atoms with Crippen molar-refractivity contribution in [1.29, 1.82) is 0 Å². The molecule has 0 fully saturated rings. The molecule has 1 aromatic heterocycles. The Labute approximate surface area is 220 Å². The number of methoxy groups -OCH3 is 1. The summed E-state index contributed by atoms with van der Waals surface area (Å²) in [7, 11) is 2.96. The fourth-order valence-corrected chi connectivity index (χ4v) is 4.86. The van der Waals surface area contributed by atoms with Crippen LogP contribution in [0, 0.1) is 12.7 Å². The van der Waals surface area contributed by atoms with Crippen molar-refractivity contribution in [2.45, 2.75) is 46.6 Å². The first-order valence-electron chi connectivity index (χ1n) is 11.9. The highest BCUT2D eigenvalue weighted by Crippen LogP contribution is 2.38. The van der Waals surface area contributed by atoms with Crippen LogP contribution in [0.25, 0.3) is 0 Å². The Kier molecular flexibility index (Phi) is 10.2. The maximum absolute atomic E-state index is 13.9. The van der Waals surface area contributed by atoms with E-state index in [1.807, 2.05) is 0 Å². The number of hydrogen-bond acceptors (Lipinski definition) is 7. The summed E-state index contributed by atoms with van der Waals surface area (Å²) in [5, 5.41) is 2.95. The number of benzene rings is 1. The molecule has 11 heteroatoms. The monoisotopic (exact) mass is 535 g/mol. The zero-order chi connectivity index (χ0) is 27.9. The molecule has 0 spiro atoms. The van der Waals surface area contributed by atoms with Gasteiger partial charge in [0, 0.05) is 20.1 Å². The predicted octanol–water partition coefficient (Wildman–Crippen LogP) is 3.57.